The van der Waals surface area contributed by atoms with Crippen LogP contribution in [0.1, 0.15) is 20.2 Å². The van der Waals surface area contributed by atoms with Crippen LogP contribution in [0.3, 0.4) is 0 Å². The Morgan fingerprint density at radius 3 is 2.85 bits per heavy atom. The first-order chi connectivity index (χ1) is 6.33. The standard InChI is InChI=1S/C7H11NOS2.C2H6.H2/c8-6(5-9-10)4-7-2-1-3-11-7;1-2;/h1-3,6,10H,4-5,8H2;1-2H3;1H/t6-;;/m0../s1. The summed E-state index contributed by atoms with van der Waals surface area (Å²) in [6, 6.07) is 4.16. The molecule has 0 amide bonds. The Labute approximate surface area is 91.2 Å². The minimum Gasteiger partial charge on any atom is -0.325 e. The van der Waals surface area contributed by atoms with Crippen LogP contribution >= 0.6 is 24.2 Å². The van der Waals surface area contributed by atoms with Crippen LogP contribution in [0, 0.1) is 0 Å². The van der Waals surface area contributed by atoms with Crippen LogP contribution in [-0.2, 0) is 10.6 Å². The Hall–Kier alpha value is -0.0300. The molecule has 0 aliphatic rings. The van der Waals surface area contributed by atoms with Crippen LogP contribution < -0.4 is 5.73 Å². The Balaban J connectivity index is 0. The fourth-order valence-corrected chi connectivity index (χ4v) is 1.83. The number of thiophene rings is 1. The van der Waals surface area contributed by atoms with E-state index in [9.17, 15) is 0 Å². The first kappa shape index (κ1) is 13.0. The van der Waals surface area contributed by atoms with E-state index in [0.717, 1.165) is 6.42 Å². The molecule has 2 nitrogen and oxygen atoms in total. The van der Waals surface area contributed by atoms with Gasteiger partial charge in [0.2, 0.25) is 0 Å². The smallest absolute Gasteiger partial charge is 0.0765 e. The van der Waals surface area contributed by atoms with E-state index in [2.05, 4.69) is 23.2 Å². The molecule has 4 heteroatoms. The summed E-state index contributed by atoms with van der Waals surface area (Å²) < 4.78 is 4.63. The van der Waals surface area contributed by atoms with Crippen LogP contribution in [0.15, 0.2) is 17.5 Å². The average molecular weight is 221 g/mol. The molecular weight excluding hydrogens is 202 g/mol. The minimum atomic E-state index is 0. The van der Waals surface area contributed by atoms with Gasteiger partial charge in [0.05, 0.1) is 6.61 Å². The predicted molar refractivity (Wildman–Crippen MR) is 64.4 cm³/mol. The van der Waals surface area contributed by atoms with E-state index in [1.165, 1.54) is 4.88 Å². The second kappa shape index (κ2) is 8.56. The van der Waals surface area contributed by atoms with Gasteiger partial charge in [-0.05, 0) is 30.8 Å². The lowest BCUT2D eigenvalue weighted by molar-refractivity contribution is 0.341. The van der Waals surface area contributed by atoms with Gasteiger partial charge in [0.1, 0.15) is 0 Å². The highest BCUT2D eigenvalue weighted by Gasteiger charge is 2.03. The van der Waals surface area contributed by atoms with Gasteiger partial charge in [-0.25, -0.2) is 0 Å². The predicted octanol–water partition coefficient (Wildman–Crippen LogP) is 2.75. The van der Waals surface area contributed by atoms with Gasteiger partial charge in [-0.3, -0.25) is 0 Å². The van der Waals surface area contributed by atoms with Crippen molar-refractivity contribution in [1.29, 1.82) is 0 Å². The Kier molecular flexibility index (Phi) is 8.54. The van der Waals surface area contributed by atoms with Crippen molar-refractivity contribution in [2.45, 2.75) is 26.3 Å². The summed E-state index contributed by atoms with van der Waals surface area (Å²) in [5.74, 6) is 0. The molecule has 0 aliphatic carbocycles. The molecule has 1 atom stereocenters. The zero-order valence-electron chi connectivity index (χ0n) is 8.06. The van der Waals surface area contributed by atoms with Gasteiger partial charge in [0.15, 0.2) is 0 Å². The molecule has 0 unspecified atom stereocenters. The molecule has 0 bridgehead atoms. The Morgan fingerprint density at radius 1 is 1.69 bits per heavy atom. The highest BCUT2D eigenvalue weighted by molar-refractivity contribution is 7.75. The van der Waals surface area contributed by atoms with Gasteiger partial charge in [-0.2, -0.15) is 0 Å². The van der Waals surface area contributed by atoms with Gasteiger partial charge < -0.3 is 9.92 Å². The number of rotatable bonds is 4. The van der Waals surface area contributed by atoms with E-state index in [-0.39, 0.29) is 7.47 Å². The molecule has 0 saturated heterocycles. The highest BCUT2D eigenvalue weighted by atomic mass is 32.1. The van der Waals surface area contributed by atoms with Crippen LogP contribution in [0.5, 0.6) is 0 Å². The zero-order chi connectivity index (χ0) is 10.1. The topological polar surface area (TPSA) is 35.2 Å². The maximum Gasteiger partial charge on any atom is 0.0765 e. The number of thiol groups is 1. The third-order valence-corrected chi connectivity index (χ3v) is 2.38. The van der Waals surface area contributed by atoms with Crippen LogP contribution in [0.4, 0.5) is 0 Å². The first-order valence-electron chi connectivity index (χ1n) is 4.37. The SMILES string of the molecule is CC.N[C@H](COS)Cc1cccs1.[HH]. The monoisotopic (exact) mass is 221 g/mol. The van der Waals surface area contributed by atoms with Crippen molar-refractivity contribution >= 4 is 24.2 Å². The van der Waals surface area contributed by atoms with Gasteiger partial charge in [-0.15, -0.1) is 11.3 Å². The van der Waals surface area contributed by atoms with E-state index in [1.807, 2.05) is 25.3 Å². The minimum absolute atomic E-state index is 0. The summed E-state index contributed by atoms with van der Waals surface area (Å²) in [5, 5.41) is 2.05. The van der Waals surface area contributed by atoms with Gasteiger partial charge >= 0.3 is 0 Å². The molecule has 1 heterocycles. The van der Waals surface area contributed by atoms with E-state index >= 15 is 0 Å². The molecule has 1 rings (SSSR count). The van der Waals surface area contributed by atoms with Crippen molar-refractivity contribution < 1.29 is 5.61 Å². The van der Waals surface area contributed by atoms with Crippen molar-refractivity contribution in [2.75, 3.05) is 6.61 Å². The van der Waals surface area contributed by atoms with E-state index in [4.69, 9.17) is 5.73 Å². The molecule has 0 fully saturated rings. The lowest BCUT2D eigenvalue weighted by Crippen LogP contribution is -2.26. The molecule has 1 aromatic heterocycles. The lowest BCUT2D eigenvalue weighted by atomic mass is 10.2. The highest BCUT2D eigenvalue weighted by Crippen LogP contribution is 2.10. The van der Waals surface area contributed by atoms with Gasteiger partial charge in [0.25, 0.3) is 0 Å². The largest absolute Gasteiger partial charge is 0.325 e. The molecular formula is C9H19NOS2. The van der Waals surface area contributed by atoms with Gasteiger partial charge in [-0.1, -0.05) is 19.9 Å². The second-order valence-corrected chi connectivity index (χ2v) is 3.63. The maximum absolute atomic E-state index is 5.71. The quantitative estimate of drug-likeness (QED) is 0.606. The number of hydrogen-bond acceptors (Lipinski definition) is 4. The van der Waals surface area contributed by atoms with Gasteiger partial charge in [0, 0.05) is 12.3 Å². The fraction of sp³-hybridized carbons (Fsp3) is 0.556. The third-order valence-electron chi connectivity index (χ3n) is 1.33. The fourth-order valence-electron chi connectivity index (χ4n) is 0.842. The summed E-state index contributed by atoms with van der Waals surface area (Å²) in [4.78, 5) is 1.29. The maximum atomic E-state index is 5.71. The van der Waals surface area contributed by atoms with E-state index in [1.54, 1.807) is 11.3 Å². The molecule has 13 heavy (non-hydrogen) atoms. The first-order valence-corrected chi connectivity index (χ1v) is 5.61. The van der Waals surface area contributed by atoms with Crippen molar-refractivity contribution in [3.8, 4) is 0 Å². The number of hydrogen-bond donors (Lipinski definition) is 2. The van der Waals surface area contributed by atoms with E-state index in [0.29, 0.717) is 6.61 Å². The van der Waals surface area contributed by atoms with Crippen LogP contribution in [0.25, 0.3) is 0 Å². The lowest BCUT2D eigenvalue weighted by Gasteiger charge is -2.06. The summed E-state index contributed by atoms with van der Waals surface area (Å²) >= 11 is 5.35. The molecule has 0 radical (unpaired) electrons. The molecule has 78 valence electrons. The summed E-state index contributed by atoms with van der Waals surface area (Å²) in [6.07, 6.45) is 0.873. The second-order valence-electron chi connectivity index (χ2n) is 2.34. The Morgan fingerprint density at radius 2 is 2.38 bits per heavy atom. The van der Waals surface area contributed by atoms with E-state index < -0.39 is 0 Å². The number of nitrogens with two attached hydrogens (primary N) is 1. The molecule has 0 aliphatic heterocycles. The molecule has 1 aromatic rings. The summed E-state index contributed by atoms with van der Waals surface area (Å²) in [6.45, 7) is 4.50. The Bertz CT molecular complexity index is 195. The molecule has 0 aromatic carbocycles. The molecule has 2 N–H and O–H groups in total. The zero-order valence-corrected chi connectivity index (χ0v) is 9.78. The van der Waals surface area contributed by atoms with Crippen LogP contribution in [0.2, 0.25) is 0 Å². The summed E-state index contributed by atoms with van der Waals surface area (Å²) in [7, 11) is 0. The van der Waals surface area contributed by atoms with Crippen LogP contribution in [-0.4, -0.2) is 12.6 Å². The molecule has 0 saturated carbocycles. The average Bonchev–Trinajstić information content (AvgIpc) is 2.61. The normalized spacial score (nSPS) is 11.7. The van der Waals surface area contributed by atoms with Crippen molar-refractivity contribution in [3.63, 3.8) is 0 Å². The van der Waals surface area contributed by atoms with Crippen molar-refractivity contribution in [1.82, 2.24) is 0 Å². The third kappa shape index (κ3) is 6.10. The summed E-state index contributed by atoms with van der Waals surface area (Å²) in [5.41, 5.74) is 5.71. The molecule has 0 spiro atoms. The van der Waals surface area contributed by atoms with Crippen molar-refractivity contribution in [3.05, 3.63) is 22.4 Å². The van der Waals surface area contributed by atoms with Crippen molar-refractivity contribution in [2.24, 2.45) is 5.73 Å².